The summed E-state index contributed by atoms with van der Waals surface area (Å²) < 4.78 is 16.2. The van der Waals surface area contributed by atoms with Gasteiger partial charge in [0.2, 0.25) is 0 Å². The minimum Gasteiger partial charge on any atom is -0.379 e. The molecule has 0 aromatic carbocycles. The zero-order valence-corrected chi connectivity index (χ0v) is 12.6. The van der Waals surface area contributed by atoms with E-state index in [4.69, 9.17) is 14.2 Å². The maximum Gasteiger partial charge on any atom is 0.132 e. The molecule has 0 spiro atoms. The van der Waals surface area contributed by atoms with Crippen LogP contribution in [0.25, 0.3) is 0 Å². The molecule has 0 bridgehead atoms. The summed E-state index contributed by atoms with van der Waals surface area (Å²) in [5.74, 6) is 0.339. The van der Waals surface area contributed by atoms with E-state index in [2.05, 4.69) is 6.92 Å². The average molecular weight is 274 g/mol. The largest absolute Gasteiger partial charge is 0.379 e. The fraction of sp³-hybridized carbons (Fsp3) is 0.933. The molecule has 0 unspecified atom stereocenters. The molecule has 0 heterocycles. The molecule has 0 amide bonds. The maximum atomic E-state index is 11.0. The lowest BCUT2D eigenvalue weighted by Gasteiger charge is -2.06. The first-order valence-corrected chi connectivity index (χ1v) is 7.56. The summed E-state index contributed by atoms with van der Waals surface area (Å²) in [6.07, 6.45) is 5.49. The van der Waals surface area contributed by atoms with Crippen molar-refractivity contribution >= 4 is 5.78 Å². The Kier molecular flexibility index (Phi) is 15.2. The molecular weight excluding hydrogens is 244 g/mol. The van der Waals surface area contributed by atoms with Gasteiger partial charge in [-0.25, -0.2) is 0 Å². The van der Waals surface area contributed by atoms with Gasteiger partial charge in [-0.05, 0) is 19.3 Å². The highest BCUT2D eigenvalue weighted by Crippen LogP contribution is 1.99. The molecule has 4 nitrogen and oxygen atoms in total. The summed E-state index contributed by atoms with van der Waals surface area (Å²) >= 11 is 0. The van der Waals surface area contributed by atoms with Gasteiger partial charge >= 0.3 is 0 Å². The van der Waals surface area contributed by atoms with Gasteiger partial charge in [-0.3, -0.25) is 4.79 Å². The molecular formula is C15H30O4. The molecule has 114 valence electrons. The predicted octanol–water partition coefficient (Wildman–Crippen LogP) is 2.99. The van der Waals surface area contributed by atoms with Crippen molar-refractivity contribution in [3.05, 3.63) is 0 Å². The number of carbonyl (C=O) groups is 1. The van der Waals surface area contributed by atoms with Crippen molar-refractivity contribution in [3.8, 4) is 0 Å². The third-order valence-corrected chi connectivity index (χ3v) is 2.77. The molecule has 0 saturated heterocycles. The van der Waals surface area contributed by atoms with Crippen LogP contribution in [0.1, 0.15) is 52.4 Å². The van der Waals surface area contributed by atoms with Crippen LogP contribution in [0.5, 0.6) is 0 Å². The maximum absolute atomic E-state index is 11.0. The SMILES string of the molecule is CCCCOCCOCCOCCCCC(=O)CC. The lowest BCUT2D eigenvalue weighted by Crippen LogP contribution is -2.10. The average Bonchev–Trinajstić information content (AvgIpc) is 2.43. The Labute approximate surface area is 117 Å². The number of rotatable bonds is 15. The standard InChI is InChI=1S/C15H30O4/c1-3-5-9-17-11-13-19-14-12-18-10-7-6-8-15(16)4-2/h3-14H2,1-2H3. The van der Waals surface area contributed by atoms with E-state index in [0.29, 0.717) is 51.7 Å². The van der Waals surface area contributed by atoms with Crippen molar-refractivity contribution in [1.82, 2.24) is 0 Å². The number of carbonyl (C=O) groups excluding carboxylic acids is 1. The number of hydrogen-bond acceptors (Lipinski definition) is 4. The zero-order chi connectivity index (χ0) is 14.2. The van der Waals surface area contributed by atoms with E-state index in [0.717, 1.165) is 25.9 Å². The lowest BCUT2D eigenvalue weighted by molar-refractivity contribution is -0.118. The van der Waals surface area contributed by atoms with E-state index in [1.807, 2.05) is 6.92 Å². The van der Waals surface area contributed by atoms with Gasteiger partial charge in [-0.1, -0.05) is 20.3 Å². The van der Waals surface area contributed by atoms with E-state index < -0.39 is 0 Å². The molecule has 0 aromatic heterocycles. The Morgan fingerprint density at radius 2 is 1.26 bits per heavy atom. The van der Waals surface area contributed by atoms with E-state index in [1.54, 1.807) is 0 Å². The quantitative estimate of drug-likeness (QED) is 0.431. The van der Waals surface area contributed by atoms with Crippen LogP contribution < -0.4 is 0 Å². The topological polar surface area (TPSA) is 44.8 Å². The van der Waals surface area contributed by atoms with Gasteiger partial charge < -0.3 is 14.2 Å². The van der Waals surface area contributed by atoms with Crippen LogP contribution in [-0.4, -0.2) is 45.4 Å². The van der Waals surface area contributed by atoms with Gasteiger partial charge in [0.15, 0.2) is 0 Å². The van der Waals surface area contributed by atoms with Crippen LogP contribution >= 0.6 is 0 Å². The second-order valence-corrected chi connectivity index (χ2v) is 4.54. The summed E-state index contributed by atoms with van der Waals surface area (Å²) in [5.41, 5.74) is 0. The minimum atomic E-state index is 0.339. The van der Waals surface area contributed by atoms with Crippen LogP contribution in [0, 0.1) is 0 Å². The molecule has 0 rings (SSSR count). The highest BCUT2D eigenvalue weighted by Gasteiger charge is 1.97. The normalized spacial score (nSPS) is 10.8. The molecule has 0 aliphatic heterocycles. The first-order chi connectivity index (χ1) is 9.31. The molecule has 4 heteroatoms. The molecule has 0 aromatic rings. The second-order valence-electron chi connectivity index (χ2n) is 4.54. The highest BCUT2D eigenvalue weighted by molar-refractivity contribution is 5.77. The third-order valence-electron chi connectivity index (χ3n) is 2.77. The summed E-state index contributed by atoms with van der Waals surface area (Å²) in [6.45, 7) is 8.14. The van der Waals surface area contributed by atoms with E-state index in [1.165, 1.54) is 6.42 Å². The van der Waals surface area contributed by atoms with Gasteiger partial charge in [0.1, 0.15) is 5.78 Å². The van der Waals surface area contributed by atoms with Gasteiger partial charge in [0.25, 0.3) is 0 Å². The minimum absolute atomic E-state index is 0.339. The van der Waals surface area contributed by atoms with Crippen molar-refractivity contribution in [1.29, 1.82) is 0 Å². The number of ether oxygens (including phenoxy) is 3. The first-order valence-electron chi connectivity index (χ1n) is 7.56. The van der Waals surface area contributed by atoms with Crippen molar-refractivity contribution in [2.45, 2.75) is 52.4 Å². The molecule has 0 aliphatic carbocycles. The van der Waals surface area contributed by atoms with Crippen molar-refractivity contribution < 1.29 is 19.0 Å². The Morgan fingerprint density at radius 3 is 1.79 bits per heavy atom. The van der Waals surface area contributed by atoms with E-state index in [-0.39, 0.29) is 0 Å². The summed E-state index contributed by atoms with van der Waals surface area (Å²) in [6, 6.07) is 0. The van der Waals surface area contributed by atoms with Crippen LogP contribution in [0.2, 0.25) is 0 Å². The fourth-order valence-corrected chi connectivity index (χ4v) is 1.49. The van der Waals surface area contributed by atoms with Crippen molar-refractivity contribution in [2.24, 2.45) is 0 Å². The number of Topliss-reactive ketones (excluding diaryl/α,β-unsaturated/α-hetero) is 1. The zero-order valence-electron chi connectivity index (χ0n) is 12.6. The smallest absolute Gasteiger partial charge is 0.132 e. The van der Waals surface area contributed by atoms with Gasteiger partial charge in [-0.15, -0.1) is 0 Å². The third kappa shape index (κ3) is 15.5. The van der Waals surface area contributed by atoms with Crippen LogP contribution in [0.4, 0.5) is 0 Å². The fourth-order valence-electron chi connectivity index (χ4n) is 1.49. The number of unbranched alkanes of at least 4 members (excludes halogenated alkanes) is 2. The Bertz CT molecular complexity index is 195. The molecule has 19 heavy (non-hydrogen) atoms. The summed E-state index contributed by atoms with van der Waals surface area (Å²) in [4.78, 5) is 11.0. The molecule has 0 N–H and O–H groups in total. The Balaban J connectivity index is 2.97. The van der Waals surface area contributed by atoms with Crippen molar-refractivity contribution in [3.63, 3.8) is 0 Å². The Hall–Kier alpha value is -0.450. The Morgan fingerprint density at radius 1 is 0.737 bits per heavy atom. The van der Waals surface area contributed by atoms with Crippen molar-refractivity contribution in [2.75, 3.05) is 39.6 Å². The predicted molar refractivity (Wildman–Crippen MR) is 76.5 cm³/mol. The molecule has 0 saturated carbocycles. The van der Waals surface area contributed by atoms with Crippen LogP contribution in [0.15, 0.2) is 0 Å². The number of ketones is 1. The van der Waals surface area contributed by atoms with E-state index in [9.17, 15) is 4.79 Å². The van der Waals surface area contributed by atoms with Crippen LogP contribution in [-0.2, 0) is 19.0 Å². The summed E-state index contributed by atoms with van der Waals surface area (Å²) in [5, 5.41) is 0. The molecule has 0 aliphatic rings. The van der Waals surface area contributed by atoms with Gasteiger partial charge in [-0.2, -0.15) is 0 Å². The lowest BCUT2D eigenvalue weighted by atomic mass is 10.1. The van der Waals surface area contributed by atoms with E-state index >= 15 is 0 Å². The molecule has 0 fully saturated rings. The molecule has 0 atom stereocenters. The van der Waals surface area contributed by atoms with Gasteiger partial charge in [0, 0.05) is 26.1 Å². The second kappa shape index (κ2) is 15.6. The monoisotopic (exact) mass is 274 g/mol. The molecule has 0 radical (unpaired) electrons. The highest BCUT2D eigenvalue weighted by atomic mass is 16.5. The summed E-state index contributed by atoms with van der Waals surface area (Å²) in [7, 11) is 0. The number of hydrogen-bond donors (Lipinski definition) is 0. The first kappa shape index (κ1) is 18.6. The van der Waals surface area contributed by atoms with Gasteiger partial charge in [0.05, 0.1) is 26.4 Å². The van der Waals surface area contributed by atoms with Crippen LogP contribution in [0.3, 0.4) is 0 Å².